The van der Waals surface area contributed by atoms with Gasteiger partial charge in [-0.2, -0.15) is 0 Å². The van der Waals surface area contributed by atoms with Crippen molar-refractivity contribution in [2.45, 2.75) is 78.0 Å². The van der Waals surface area contributed by atoms with Gasteiger partial charge in [-0.05, 0) is 51.7 Å². The Morgan fingerprint density at radius 2 is 1.76 bits per heavy atom. The first-order chi connectivity index (χ1) is 17.3. The molecule has 0 bridgehead atoms. The number of rotatable bonds is 13. The highest BCUT2D eigenvalue weighted by Gasteiger charge is 2.36. The summed E-state index contributed by atoms with van der Waals surface area (Å²) in [6.45, 7) is 8.59. The fourth-order valence-electron chi connectivity index (χ4n) is 3.56. The van der Waals surface area contributed by atoms with Crippen molar-refractivity contribution in [2.75, 3.05) is 20.2 Å². The fraction of sp³-hybridized carbons (Fsp3) is 0.577. The van der Waals surface area contributed by atoms with Crippen molar-refractivity contribution in [1.29, 1.82) is 0 Å². The highest BCUT2D eigenvalue weighted by Crippen LogP contribution is 2.26. The number of primary amides is 1. The SMILES string of the molecule is CCCCN(C(=O)C(CCC(N)=O)NC(=O)OC(C)(C)C)C(C(=O)NCC(=O)OC)c1ccccc1C. The van der Waals surface area contributed by atoms with Crippen molar-refractivity contribution in [1.82, 2.24) is 15.5 Å². The fourth-order valence-corrected chi connectivity index (χ4v) is 3.56. The zero-order valence-corrected chi connectivity index (χ0v) is 22.6. The Bertz CT molecular complexity index is 958. The molecule has 2 atom stereocenters. The van der Waals surface area contributed by atoms with Crippen LogP contribution in [0.1, 0.15) is 70.5 Å². The number of benzene rings is 1. The molecule has 0 aliphatic rings. The van der Waals surface area contributed by atoms with E-state index in [0.29, 0.717) is 12.0 Å². The number of aryl methyl sites for hydroxylation is 1. The van der Waals surface area contributed by atoms with E-state index in [1.165, 1.54) is 12.0 Å². The van der Waals surface area contributed by atoms with E-state index in [2.05, 4.69) is 15.4 Å². The van der Waals surface area contributed by atoms with Crippen LogP contribution in [0.5, 0.6) is 0 Å². The second-order valence-corrected chi connectivity index (χ2v) is 9.64. The monoisotopic (exact) mass is 520 g/mol. The maximum Gasteiger partial charge on any atom is 0.408 e. The van der Waals surface area contributed by atoms with Gasteiger partial charge in [0.2, 0.25) is 17.7 Å². The highest BCUT2D eigenvalue weighted by atomic mass is 16.6. The van der Waals surface area contributed by atoms with Crippen molar-refractivity contribution in [3.8, 4) is 0 Å². The Morgan fingerprint density at radius 1 is 1.11 bits per heavy atom. The first kappa shape index (κ1) is 31.4. The van der Waals surface area contributed by atoms with Gasteiger partial charge in [-0.25, -0.2) is 4.79 Å². The van der Waals surface area contributed by atoms with Crippen LogP contribution in [-0.2, 0) is 28.7 Å². The van der Waals surface area contributed by atoms with E-state index >= 15 is 0 Å². The number of methoxy groups -OCH3 is 1. The highest BCUT2D eigenvalue weighted by molar-refractivity contribution is 5.93. The Kier molecular flexibility index (Phi) is 12.6. The molecule has 0 fully saturated rings. The molecule has 1 aromatic carbocycles. The molecule has 11 nitrogen and oxygen atoms in total. The third-order valence-electron chi connectivity index (χ3n) is 5.38. The van der Waals surface area contributed by atoms with Crippen molar-refractivity contribution in [2.24, 2.45) is 5.73 Å². The van der Waals surface area contributed by atoms with E-state index in [9.17, 15) is 24.0 Å². The number of nitrogens with zero attached hydrogens (tertiary/aromatic N) is 1. The van der Waals surface area contributed by atoms with Crippen molar-refractivity contribution in [3.63, 3.8) is 0 Å². The molecule has 0 aliphatic carbocycles. The maximum atomic E-state index is 13.9. The number of carbonyl (C=O) groups excluding carboxylic acids is 5. The lowest BCUT2D eigenvalue weighted by Crippen LogP contribution is -2.53. The summed E-state index contributed by atoms with van der Waals surface area (Å²) in [4.78, 5) is 64.5. The quantitative estimate of drug-likeness (QED) is 0.336. The number of carbonyl (C=O) groups is 5. The summed E-state index contributed by atoms with van der Waals surface area (Å²) < 4.78 is 9.93. The predicted octanol–water partition coefficient (Wildman–Crippen LogP) is 2.11. The Labute approximate surface area is 218 Å². The molecular formula is C26H40N4O7. The summed E-state index contributed by atoms with van der Waals surface area (Å²) in [5.74, 6) is -2.46. The minimum absolute atomic E-state index is 0.0830. The van der Waals surface area contributed by atoms with Gasteiger partial charge in [0.25, 0.3) is 0 Å². The van der Waals surface area contributed by atoms with E-state index in [1.807, 2.05) is 19.9 Å². The minimum Gasteiger partial charge on any atom is -0.468 e. The van der Waals surface area contributed by atoms with Gasteiger partial charge in [0.15, 0.2) is 0 Å². The Hall–Kier alpha value is -3.63. The molecule has 0 aliphatic heterocycles. The Balaban J connectivity index is 3.48. The van der Waals surface area contributed by atoms with Crippen molar-refractivity contribution >= 4 is 29.8 Å². The average Bonchev–Trinajstić information content (AvgIpc) is 2.81. The smallest absolute Gasteiger partial charge is 0.408 e. The second kappa shape index (κ2) is 14.8. The molecule has 1 aromatic rings. The van der Waals surface area contributed by atoms with Gasteiger partial charge in [-0.15, -0.1) is 0 Å². The number of ether oxygens (including phenoxy) is 2. The van der Waals surface area contributed by atoms with Crippen LogP contribution in [0.15, 0.2) is 24.3 Å². The van der Waals surface area contributed by atoms with Crippen LogP contribution in [0.3, 0.4) is 0 Å². The molecule has 206 valence electrons. The van der Waals surface area contributed by atoms with Crippen molar-refractivity contribution < 1.29 is 33.4 Å². The van der Waals surface area contributed by atoms with Gasteiger partial charge in [-0.3, -0.25) is 19.2 Å². The first-order valence-corrected chi connectivity index (χ1v) is 12.3. The van der Waals surface area contributed by atoms with Gasteiger partial charge < -0.3 is 30.7 Å². The van der Waals surface area contributed by atoms with Crippen LogP contribution < -0.4 is 16.4 Å². The largest absolute Gasteiger partial charge is 0.468 e. The van der Waals surface area contributed by atoms with Crippen LogP contribution in [0.2, 0.25) is 0 Å². The molecule has 2 unspecified atom stereocenters. The average molecular weight is 521 g/mol. The number of nitrogens with two attached hydrogens (primary N) is 1. The number of alkyl carbamates (subject to hydrolysis) is 1. The van der Waals surface area contributed by atoms with Gasteiger partial charge in [-0.1, -0.05) is 37.6 Å². The van der Waals surface area contributed by atoms with Crippen molar-refractivity contribution in [3.05, 3.63) is 35.4 Å². The van der Waals surface area contributed by atoms with E-state index in [1.54, 1.807) is 39.0 Å². The van der Waals surface area contributed by atoms with Gasteiger partial charge in [0.05, 0.1) is 7.11 Å². The zero-order valence-electron chi connectivity index (χ0n) is 22.6. The molecule has 11 heteroatoms. The normalized spacial score (nSPS) is 12.6. The molecule has 0 spiro atoms. The third-order valence-corrected chi connectivity index (χ3v) is 5.38. The van der Waals surface area contributed by atoms with E-state index in [4.69, 9.17) is 10.5 Å². The van der Waals surface area contributed by atoms with Gasteiger partial charge >= 0.3 is 12.1 Å². The lowest BCUT2D eigenvalue weighted by atomic mass is 9.97. The number of esters is 1. The molecule has 0 heterocycles. The molecule has 1 rings (SSSR count). The number of hydrogen-bond acceptors (Lipinski definition) is 7. The number of amides is 4. The Morgan fingerprint density at radius 3 is 2.30 bits per heavy atom. The summed E-state index contributed by atoms with van der Waals surface area (Å²) in [6, 6.07) is 4.79. The molecule has 37 heavy (non-hydrogen) atoms. The molecule has 0 saturated carbocycles. The summed E-state index contributed by atoms with van der Waals surface area (Å²) in [5, 5.41) is 5.08. The molecular weight excluding hydrogens is 480 g/mol. The summed E-state index contributed by atoms with van der Waals surface area (Å²) in [6.07, 6.45) is 0.193. The first-order valence-electron chi connectivity index (χ1n) is 12.3. The zero-order chi connectivity index (χ0) is 28.2. The van der Waals surface area contributed by atoms with E-state index in [-0.39, 0.29) is 25.9 Å². The number of unbranched alkanes of at least 4 members (excludes halogenated alkanes) is 1. The third kappa shape index (κ3) is 10.9. The second-order valence-electron chi connectivity index (χ2n) is 9.64. The number of nitrogens with one attached hydrogen (secondary N) is 2. The van der Waals surface area contributed by atoms with Crippen LogP contribution in [0.25, 0.3) is 0 Å². The minimum atomic E-state index is -1.18. The molecule has 0 aromatic heterocycles. The molecule has 4 amide bonds. The summed E-state index contributed by atoms with van der Waals surface area (Å²) in [7, 11) is 1.20. The summed E-state index contributed by atoms with van der Waals surface area (Å²) >= 11 is 0. The predicted molar refractivity (Wildman–Crippen MR) is 137 cm³/mol. The lowest BCUT2D eigenvalue weighted by Gasteiger charge is -2.35. The van der Waals surface area contributed by atoms with E-state index in [0.717, 1.165) is 12.0 Å². The van der Waals surface area contributed by atoms with Crippen LogP contribution in [0.4, 0.5) is 4.79 Å². The number of hydrogen-bond donors (Lipinski definition) is 3. The maximum absolute atomic E-state index is 13.9. The van der Waals surface area contributed by atoms with Gasteiger partial charge in [0, 0.05) is 13.0 Å². The molecule has 0 radical (unpaired) electrons. The lowest BCUT2D eigenvalue weighted by molar-refractivity contribution is -0.145. The van der Waals surface area contributed by atoms with Crippen LogP contribution in [0, 0.1) is 6.92 Å². The van der Waals surface area contributed by atoms with Crippen LogP contribution >= 0.6 is 0 Å². The molecule has 4 N–H and O–H groups in total. The van der Waals surface area contributed by atoms with Gasteiger partial charge in [0.1, 0.15) is 24.2 Å². The standard InChI is InChI=1S/C26H40N4O7/c1-7-8-15-30(24(34)19(13-14-20(27)31)29-25(35)37-26(3,4)5)22(18-12-10-9-11-17(18)2)23(33)28-16-21(32)36-6/h9-12,19,22H,7-8,13-16H2,1-6H3,(H2,27,31)(H,28,33)(H,29,35). The van der Waals surface area contributed by atoms with Crippen LogP contribution in [-0.4, -0.2) is 66.5 Å². The molecule has 0 saturated heterocycles. The topological polar surface area (TPSA) is 157 Å². The summed E-state index contributed by atoms with van der Waals surface area (Å²) in [5.41, 5.74) is 5.80. The van der Waals surface area contributed by atoms with E-state index < -0.39 is 47.5 Å².